The maximum absolute atomic E-state index is 12.7. The summed E-state index contributed by atoms with van der Waals surface area (Å²) in [6, 6.07) is 6.16. The fraction of sp³-hybridized carbons (Fsp3) is 0.667. The van der Waals surface area contributed by atoms with Crippen molar-refractivity contribution in [1.82, 2.24) is 4.90 Å². The van der Waals surface area contributed by atoms with Gasteiger partial charge in [-0.15, -0.1) is 0 Å². The smallest absolute Gasteiger partial charge is 0.315 e. The third kappa shape index (κ3) is 6.05. The van der Waals surface area contributed by atoms with E-state index >= 15 is 0 Å². The van der Waals surface area contributed by atoms with E-state index in [2.05, 4.69) is 24.0 Å². The van der Waals surface area contributed by atoms with Crippen LogP contribution in [-0.2, 0) is 14.3 Å². The van der Waals surface area contributed by atoms with Gasteiger partial charge < -0.3 is 24.0 Å². The summed E-state index contributed by atoms with van der Waals surface area (Å²) in [4.78, 5) is 28.7. The van der Waals surface area contributed by atoms with Crippen molar-refractivity contribution in [3.05, 3.63) is 18.2 Å². The molecular formula is C24H36N2O5. The molecule has 7 heteroatoms. The molecule has 1 aromatic rings. The largest absolute Gasteiger partial charge is 0.493 e. The van der Waals surface area contributed by atoms with E-state index in [1.54, 1.807) is 14.0 Å². The lowest BCUT2D eigenvalue weighted by atomic mass is 10.0. The van der Waals surface area contributed by atoms with E-state index < -0.39 is 5.97 Å². The lowest BCUT2D eigenvalue weighted by Crippen LogP contribution is -2.55. The molecule has 31 heavy (non-hydrogen) atoms. The van der Waals surface area contributed by atoms with Crippen LogP contribution in [0.15, 0.2) is 18.2 Å². The molecule has 7 nitrogen and oxygen atoms in total. The highest BCUT2D eigenvalue weighted by atomic mass is 16.5. The first kappa shape index (κ1) is 23.2. The van der Waals surface area contributed by atoms with Crippen molar-refractivity contribution >= 4 is 17.6 Å². The molecule has 0 spiro atoms. The Kier molecular flexibility index (Phi) is 8.43. The first-order chi connectivity index (χ1) is 15.0. The van der Waals surface area contributed by atoms with E-state index in [-0.39, 0.29) is 24.5 Å². The summed E-state index contributed by atoms with van der Waals surface area (Å²) >= 11 is 0. The van der Waals surface area contributed by atoms with Crippen molar-refractivity contribution in [3.8, 4) is 11.5 Å². The molecule has 3 rings (SSSR count). The second kappa shape index (κ2) is 11.3. The summed E-state index contributed by atoms with van der Waals surface area (Å²) in [6.45, 7) is 6.20. The summed E-state index contributed by atoms with van der Waals surface area (Å²) in [5, 5.41) is 0. The van der Waals surface area contributed by atoms with Crippen molar-refractivity contribution in [3.63, 3.8) is 0 Å². The van der Waals surface area contributed by atoms with E-state index in [4.69, 9.17) is 14.2 Å². The van der Waals surface area contributed by atoms with Crippen LogP contribution in [0.25, 0.3) is 0 Å². The van der Waals surface area contributed by atoms with Crippen molar-refractivity contribution in [2.24, 2.45) is 0 Å². The summed E-state index contributed by atoms with van der Waals surface area (Å²) in [5.74, 6) is 0.953. The number of methoxy groups -OCH3 is 1. The standard InChI is InChI=1S/C24H36N2O5/c1-4-8-19-17-25(13-14-26(19)23(27)16-24(28)30-5-2)18-11-12-21(29-3)22(15-18)31-20-9-6-7-10-20/h11-12,15,19-20H,4-10,13-14,16-17H2,1-3H3/t19-/m0/s1. The maximum Gasteiger partial charge on any atom is 0.315 e. The number of hydrogen-bond donors (Lipinski definition) is 0. The normalized spacial score (nSPS) is 19.4. The minimum absolute atomic E-state index is 0.0713. The first-order valence-corrected chi connectivity index (χ1v) is 11.6. The minimum atomic E-state index is -0.450. The van der Waals surface area contributed by atoms with E-state index in [0.717, 1.165) is 49.4 Å². The Morgan fingerprint density at radius 2 is 1.87 bits per heavy atom. The van der Waals surface area contributed by atoms with Gasteiger partial charge in [0, 0.05) is 37.4 Å². The fourth-order valence-corrected chi connectivity index (χ4v) is 4.58. The van der Waals surface area contributed by atoms with Crippen LogP contribution in [0.5, 0.6) is 11.5 Å². The third-order valence-electron chi connectivity index (χ3n) is 6.13. The molecule has 0 N–H and O–H groups in total. The molecule has 1 heterocycles. The third-order valence-corrected chi connectivity index (χ3v) is 6.13. The van der Waals surface area contributed by atoms with Crippen LogP contribution in [0.2, 0.25) is 0 Å². The zero-order valence-electron chi connectivity index (χ0n) is 19.1. The Morgan fingerprint density at radius 1 is 1.10 bits per heavy atom. The number of benzene rings is 1. The highest BCUT2D eigenvalue weighted by Gasteiger charge is 2.31. The second-order valence-electron chi connectivity index (χ2n) is 8.32. The van der Waals surface area contributed by atoms with Gasteiger partial charge in [-0.2, -0.15) is 0 Å². The van der Waals surface area contributed by atoms with Gasteiger partial charge in [-0.05, 0) is 51.2 Å². The average Bonchev–Trinajstić information content (AvgIpc) is 3.27. The molecule has 1 aromatic carbocycles. The van der Waals surface area contributed by atoms with Crippen molar-refractivity contribution < 1.29 is 23.8 Å². The van der Waals surface area contributed by atoms with E-state index in [1.807, 2.05) is 11.0 Å². The van der Waals surface area contributed by atoms with Crippen LogP contribution in [0, 0.1) is 0 Å². The van der Waals surface area contributed by atoms with Crippen LogP contribution >= 0.6 is 0 Å². The number of nitrogens with zero attached hydrogens (tertiary/aromatic N) is 2. The number of piperazine rings is 1. The maximum atomic E-state index is 12.7. The summed E-state index contributed by atoms with van der Waals surface area (Å²) in [7, 11) is 1.67. The van der Waals surface area contributed by atoms with Crippen LogP contribution in [-0.4, -0.2) is 62.3 Å². The van der Waals surface area contributed by atoms with Gasteiger partial charge in [-0.1, -0.05) is 13.3 Å². The Balaban J connectivity index is 1.70. The van der Waals surface area contributed by atoms with Crippen LogP contribution in [0.1, 0.15) is 58.8 Å². The minimum Gasteiger partial charge on any atom is -0.493 e. The SMILES string of the molecule is CCC[C@H]1CN(c2ccc(OC)c(OC3CCCC3)c2)CCN1C(=O)CC(=O)OCC. The van der Waals surface area contributed by atoms with E-state index in [1.165, 1.54) is 12.8 Å². The van der Waals surface area contributed by atoms with Gasteiger partial charge in [0.2, 0.25) is 5.91 Å². The van der Waals surface area contributed by atoms with Gasteiger partial charge in [0.25, 0.3) is 0 Å². The number of carbonyl (C=O) groups excluding carboxylic acids is 2. The highest BCUT2D eigenvalue weighted by Crippen LogP contribution is 2.35. The van der Waals surface area contributed by atoms with Gasteiger partial charge in [0.15, 0.2) is 11.5 Å². The molecule has 172 valence electrons. The molecule has 0 radical (unpaired) electrons. The molecule has 1 aliphatic heterocycles. The number of rotatable bonds is 9. The van der Waals surface area contributed by atoms with Gasteiger partial charge >= 0.3 is 5.97 Å². The lowest BCUT2D eigenvalue weighted by Gasteiger charge is -2.42. The van der Waals surface area contributed by atoms with Gasteiger partial charge in [-0.3, -0.25) is 9.59 Å². The van der Waals surface area contributed by atoms with E-state index in [0.29, 0.717) is 19.7 Å². The molecule has 1 aliphatic carbocycles. The molecule has 2 aliphatic rings. The summed E-state index contributed by atoms with van der Waals surface area (Å²) < 4.78 is 16.7. The summed E-state index contributed by atoms with van der Waals surface area (Å²) in [6.07, 6.45) is 6.55. The molecule has 1 saturated heterocycles. The van der Waals surface area contributed by atoms with Gasteiger partial charge in [0.05, 0.1) is 19.8 Å². The zero-order valence-corrected chi connectivity index (χ0v) is 19.1. The Morgan fingerprint density at radius 3 is 2.55 bits per heavy atom. The van der Waals surface area contributed by atoms with Crippen LogP contribution < -0.4 is 14.4 Å². The molecule has 0 unspecified atom stereocenters. The molecule has 0 bridgehead atoms. The molecule has 1 saturated carbocycles. The monoisotopic (exact) mass is 432 g/mol. The molecular weight excluding hydrogens is 396 g/mol. The van der Waals surface area contributed by atoms with Crippen molar-refractivity contribution in [2.75, 3.05) is 38.3 Å². The summed E-state index contributed by atoms with van der Waals surface area (Å²) in [5.41, 5.74) is 1.08. The molecule has 2 fully saturated rings. The molecule has 1 amide bonds. The molecule has 1 atom stereocenters. The topological polar surface area (TPSA) is 68.3 Å². The predicted molar refractivity (Wildman–Crippen MR) is 120 cm³/mol. The van der Waals surface area contributed by atoms with Crippen LogP contribution in [0.4, 0.5) is 5.69 Å². The Hall–Kier alpha value is -2.44. The Bertz CT molecular complexity index is 747. The average molecular weight is 433 g/mol. The number of hydrogen-bond acceptors (Lipinski definition) is 6. The van der Waals surface area contributed by atoms with Crippen LogP contribution in [0.3, 0.4) is 0 Å². The fourth-order valence-electron chi connectivity index (χ4n) is 4.58. The van der Waals surface area contributed by atoms with Gasteiger partial charge in [-0.25, -0.2) is 0 Å². The lowest BCUT2D eigenvalue weighted by molar-refractivity contribution is -0.149. The van der Waals surface area contributed by atoms with Crippen molar-refractivity contribution in [2.45, 2.75) is 70.9 Å². The van der Waals surface area contributed by atoms with Gasteiger partial charge in [0.1, 0.15) is 6.42 Å². The number of carbonyl (C=O) groups is 2. The number of ether oxygens (including phenoxy) is 3. The number of esters is 1. The first-order valence-electron chi connectivity index (χ1n) is 11.6. The second-order valence-corrected chi connectivity index (χ2v) is 8.32. The molecule has 0 aromatic heterocycles. The van der Waals surface area contributed by atoms with Crippen molar-refractivity contribution in [1.29, 1.82) is 0 Å². The highest BCUT2D eigenvalue weighted by molar-refractivity contribution is 5.94. The Labute approximate surface area is 185 Å². The number of anilines is 1. The predicted octanol–water partition coefficient (Wildman–Crippen LogP) is 3.79. The zero-order chi connectivity index (χ0) is 22.2. The van der Waals surface area contributed by atoms with E-state index in [9.17, 15) is 9.59 Å². The number of amides is 1. The quantitative estimate of drug-likeness (QED) is 0.437.